The van der Waals surface area contributed by atoms with Crippen molar-refractivity contribution in [3.63, 3.8) is 0 Å². The lowest BCUT2D eigenvalue weighted by molar-refractivity contribution is 0.0684. The Hall–Kier alpha value is -2.88. The van der Waals surface area contributed by atoms with Gasteiger partial charge in [0.15, 0.2) is 0 Å². The molecule has 4 heteroatoms. The van der Waals surface area contributed by atoms with Crippen LogP contribution in [-0.2, 0) is 0 Å². The molecule has 0 saturated carbocycles. The molecule has 0 unspecified atom stereocenters. The number of rotatable bonds is 3. The van der Waals surface area contributed by atoms with Crippen molar-refractivity contribution in [3.05, 3.63) is 59.7 Å². The van der Waals surface area contributed by atoms with Gasteiger partial charge in [0, 0.05) is 24.0 Å². The smallest absolute Gasteiger partial charge is 0.254 e. The summed E-state index contributed by atoms with van der Waals surface area (Å²) in [5.74, 6) is 1.48. The van der Waals surface area contributed by atoms with Crippen LogP contribution in [-0.4, -0.2) is 36.0 Å². The van der Waals surface area contributed by atoms with Gasteiger partial charge in [-0.2, -0.15) is 0 Å². The van der Waals surface area contributed by atoms with Crippen LogP contribution in [0.25, 0.3) is 22.2 Å². The Morgan fingerprint density at radius 1 is 1.14 bits per heavy atom. The molecule has 144 valence electrons. The summed E-state index contributed by atoms with van der Waals surface area (Å²) in [5.41, 5.74) is 4.42. The normalized spacial score (nSPS) is 17.0. The topological polar surface area (TPSA) is 42.4 Å². The molecule has 1 saturated heterocycles. The van der Waals surface area contributed by atoms with E-state index < -0.39 is 0 Å². The second-order valence-electron chi connectivity index (χ2n) is 7.70. The Morgan fingerprint density at radius 3 is 2.61 bits per heavy atom. The van der Waals surface area contributed by atoms with Crippen LogP contribution in [0.2, 0.25) is 0 Å². The maximum Gasteiger partial charge on any atom is 0.254 e. The minimum atomic E-state index is 0.123. The third kappa shape index (κ3) is 3.35. The highest BCUT2D eigenvalue weighted by Gasteiger charge is 2.26. The van der Waals surface area contributed by atoms with Gasteiger partial charge in [0.2, 0.25) is 0 Å². The van der Waals surface area contributed by atoms with E-state index >= 15 is 0 Å². The second kappa shape index (κ2) is 7.63. The number of likely N-dealkylation sites (tertiary alicyclic amines) is 1. The average molecular weight is 374 g/mol. The Bertz CT molecular complexity index is 1010. The lowest BCUT2D eigenvalue weighted by Crippen LogP contribution is -2.39. The predicted molar refractivity (Wildman–Crippen MR) is 113 cm³/mol. The molecule has 1 aromatic heterocycles. The minimum absolute atomic E-state index is 0.123. The zero-order chi connectivity index (χ0) is 19.7. The highest BCUT2D eigenvalue weighted by atomic mass is 16.5. The number of para-hydroxylation sites is 1. The summed E-state index contributed by atoms with van der Waals surface area (Å²) in [4.78, 5) is 20.4. The minimum Gasteiger partial charge on any atom is -0.497 e. The highest BCUT2D eigenvalue weighted by Crippen LogP contribution is 2.32. The van der Waals surface area contributed by atoms with E-state index in [2.05, 4.69) is 6.92 Å². The van der Waals surface area contributed by atoms with Gasteiger partial charge < -0.3 is 9.64 Å². The van der Waals surface area contributed by atoms with Gasteiger partial charge in [-0.05, 0) is 61.6 Å². The lowest BCUT2D eigenvalue weighted by atomic mass is 9.94. The molecule has 28 heavy (non-hydrogen) atoms. The van der Waals surface area contributed by atoms with E-state index in [1.54, 1.807) is 7.11 Å². The zero-order valence-electron chi connectivity index (χ0n) is 16.7. The van der Waals surface area contributed by atoms with Crippen LogP contribution in [0.5, 0.6) is 5.75 Å². The fraction of sp³-hybridized carbons (Fsp3) is 0.333. The number of ether oxygens (including phenoxy) is 1. The summed E-state index contributed by atoms with van der Waals surface area (Å²) >= 11 is 0. The third-order valence-electron chi connectivity index (χ3n) is 5.66. The molecule has 0 radical (unpaired) electrons. The molecule has 0 spiro atoms. The lowest BCUT2D eigenvalue weighted by Gasteiger charge is -2.32. The summed E-state index contributed by atoms with van der Waals surface area (Å²) in [6.45, 7) is 5.89. The van der Waals surface area contributed by atoms with E-state index in [9.17, 15) is 4.79 Å². The van der Waals surface area contributed by atoms with Crippen molar-refractivity contribution in [3.8, 4) is 17.0 Å². The molecule has 1 atom stereocenters. The van der Waals surface area contributed by atoms with Gasteiger partial charge in [-0.15, -0.1) is 0 Å². The van der Waals surface area contributed by atoms with Gasteiger partial charge in [0.05, 0.1) is 23.9 Å². The van der Waals surface area contributed by atoms with Crippen molar-refractivity contribution >= 4 is 16.8 Å². The van der Waals surface area contributed by atoms with Crippen molar-refractivity contribution in [2.24, 2.45) is 5.92 Å². The first-order valence-electron chi connectivity index (χ1n) is 9.91. The number of carbonyl (C=O) groups excluding carboxylic acids is 1. The predicted octanol–water partition coefficient (Wildman–Crippen LogP) is 5.09. The standard InChI is InChI=1S/C24H26N2O2/c1-16-7-6-14-26(15-16)24(27)22-17(2)23(18-10-12-19(28-3)13-11-18)25-21-9-5-4-8-20(21)22/h4-5,8-13,16H,6-7,14-15H2,1-3H3/t16-/m0/s1. The van der Waals surface area contributed by atoms with E-state index in [1.807, 2.05) is 60.4 Å². The quantitative estimate of drug-likeness (QED) is 0.641. The number of hydrogen-bond donors (Lipinski definition) is 0. The third-order valence-corrected chi connectivity index (χ3v) is 5.66. The fourth-order valence-electron chi connectivity index (χ4n) is 4.14. The fourth-order valence-corrected chi connectivity index (χ4v) is 4.14. The van der Waals surface area contributed by atoms with Crippen LogP contribution in [0.15, 0.2) is 48.5 Å². The largest absolute Gasteiger partial charge is 0.497 e. The van der Waals surface area contributed by atoms with E-state index in [-0.39, 0.29) is 5.91 Å². The van der Waals surface area contributed by atoms with Gasteiger partial charge in [-0.25, -0.2) is 4.98 Å². The van der Waals surface area contributed by atoms with Crippen LogP contribution in [0.3, 0.4) is 0 Å². The van der Waals surface area contributed by atoms with Crippen LogP contribution >= 0.6 is 0 Å². The van der Waals surface area contributed by atoms with Crippen molar-refractivity contribution in [1.29, 1.82) is 0 Å². The maximum atomic E-state index is 13.5. The molecule has 3 aromatic rings. The molecule has 2 aromatic carbocycles. The summed E-state index contributed by atoms with van der Waals surface area (Å²) in [6, 6.07) is 15.8. The van der Waals surface area contributed by atoms with Gasteiger partial charge in [0.1, 0.15) is 5.75 Å². The van der Waals surface area contributed by atoms with E-state index in [4.69, 9.17) is 9.72 Å². The summed E-state index contributed by atoms with van der Waals surface area (Å²) in [7, 11) is 1.66. The van der Waals surface area contributed by atoms with E-state index in [0.717, 1.165) is 58.5 Å². The van der Waals surface area contributed by atoms with Gasteiger partial charge >= 0.3 is 0 Å². The van der Waals surface area contributed by atoms with Gasteiger partial charge in [0.25, 0.3) is 5.91 Å². The van der Waals surface area contributed by atoms with Crippen molar-refractivity contribution in [2.45, 2.75) is 26.7 Å². The number of pyridine rings is 1. The molecule has 1 aliphatic heterocycles. The Morgan fingerprint density at radius 2 is 1.89 bits per heavy atom. The molecule has 0 N–H and O–H groups in total. The molecular weight excluding hydrogens is 348 g/mol. The van der Waals surface area contributed by atoms with Crippen molar-refractivity contribution in [2.75, 3.05) is 20.2 Å². The first-order valence-corrected chi connectivity index (χ1v) is 9.91. The number of nitrogens with zero attached hydrogens (tertiary/aromatic N) is 2. The maximum absolute atomic E-state index is 13.5. The summed E-state index contributed by atoms with van der Waals surface area (Å²) in [6.07, 6.45) is 2.26. The van der Waals surface area contributed by atoms with Crippen molar-refractivity contribution in [1.82, 2.24) is 9.88 Å². The van der Waals surface area contributed by atoms with Crippen LogP contribution in [0, 0.1) is 12.8 Å². The summed E-state index contributed by atoms with van der Waals surface area (Å²) in [5, 5.41) is 0.931. The SMILES string of the molecule is COc1ccc(-c2nc3ccccc3c(C(=O)N3CCC[C@H](C)C3)c2C)cc1. The number of aromatic nitrogens is 1. The summed E-state index contributed by atoms with van der Waals surface area (Å²) < 4.78 is 5.28. The molecule has 1 aliphatic rings. The molecule has 1 fully saturated rings. The first kappa shape index (κ1) is 18.5. The van der Waals surface area contributed by atoms with Gasteiger partial charge in [-0.1, -0.05) is 25.1 Å². The number of methoxy groups -OCH3 is 1. The number of hydrogen-bond acceptors (Lipinski definition) is 3. The Labute approximate surface area is 166 Å². The molecule has 4 rings (SSSR count). The van der Waals surface area contributed by atoms with Crippen LogP contribution < -0.4 is 4.74 Å². The molecule has 4 nitrogen and oxygen atoms in total. The highest BCUT2D eigenvalue weighted by molar-refractivity contribution is 6.08. The number of benzene rings is 2. The number of piperidine rings is 1. The number of carbonyl (C=O) groups is 1. The monoisotopic (exact) mass is 374 g/mol. The van der Waals surface area contributed by atoms with E-state index in [1.165, 1.54) is 6.42 Å². The van der Waals surface area contributed by atoms with E-state index in [0.29, 0.717) is 5.92 Å². The molecule has 0 bridgehead atoms. The number of amides is 1. The Kier molecular flexibility index (Phi) is 5.03. The van der Waals surface area contributed by atoms with Crippen LogP contribution in [0.4, 0.5) is 0 Å². The van der Waals surface area contributed by atoms with Crippen LogP contribution in [0.1, 0.15) is 35.7 Å². The van der Waals surface area contributed by atoms with Gasteiger partial charge in [-0.3, -0.25) is 4.79 Å². The first-order chi connectivity index (χ1) is 13.6. The molecule has 2 heterocycles. The number of fused-ring (bicyclic) bond motifs is 1. The van der Waals surface area contributed by atoms with Crippen molar-refractivity contribution < 1.29 is 9.53 Å². The Balaban J connectivity index is 1.86. The molecular formula is C24H26N2O2. The zero-order valence-corrected chi connectivity index (χ0v) is 16.7. The molecule has 0 aliphatic carbocycles. The second-order valence-corrected chi connectivity index (χ2v) is 7.70. The molecule has 1 amide bonds. The average Bonchev–Trinajstić information content (AvgIpc) is 2.73.